The minimum Gasteiger partial charge on any atom is -0.311 e. The molecule has 0 aliphatic heterocycles. The molecule has 0 spiro atoms. The average Bonchev–Trinajstić information content (AvgIpc) is 2.20. The van der Waals surface area contributed by atoms with Gasteiger partial charge in [-0.3, -0.25) is 4.79 Å². The number of aryl methyl sites for hydroxylation is 1. The highest BCUT2D eigenvalue weighted by molar-refractivity contribution is 14.1. The van der Waals surface area contributed by atoms with Gasteiger partial charge in [-0.1, -0.05) is 13.3 Å². The fraction of sp³-hybridized carbons (Fsp3) is 0.455. The van der Waals surface area contributed by atoms with Gasteiger partial charge in [0.1, 0.15) is 5.82 Å². The largest absolute Gasteiger partial charge is 0.311 e. The lowest BCUT2D eigenvalue weighted by Crippen LogP contribution is -2.12. The van der Waals surface area contributed by atoms with Crippen molar-refractivity contribution in [2.45, 2.75) is 33.1 Å². The molecule has 15 heavy (non-hydrogen) atoms. The van der Waals surface area contributed by atoms with Crippen molar-refractivity contribution in [2.24, 2.45) is 0 Å². The Bertz CT molecular complexity index is 352. The number of anilines is 1. The molecule has 1 rings (SSSR count). The van der Waals surface area contributed by atoms with Gasteiger partial charge in [-0.15, -0.1) is 0 Å². The van der Waals surface area contributed by atoms with Crippen LogP contribution in [0, 0.1) is 10.5 Å². The molecule has 3 nitrogen and oxygen atoms in total. The van der Waals surface area contributed by atoms with E-state index in [4.69, 9.17) is 0 Å². The van der Waals surface area contributed by atoms with Gasteiger partial charge in [0.05, 0.1) is 5.69 Å². The second-order valence-electron chi connectivity index (χ2n) is 3.42. The summed E-state index contributed by atoms with van der Waals surface area (Å²) in [4.78, 5) is 15.7. The molecule has 1 amide bonds. The molecule has 0 fully saturated rings. The monoisotopic (exact) mass is 318 g/mol. The summed E-state index contributed by atoms with van der Waals surface area (Å²) in [7, 11) is 0. The molecule has 0 aromatic carbocycles. The first-order valence-corrected chi connectivity index (χ1v) is 6.14. The van der Waals surface area contributed by atoms with Crippen molar-refractivity contribution < 1.29 is 4.79 Å². The number of amides is 1. The molecule has 1 aromatic rings. The second-order valence-corrected chi connectivity index (χ2v) is 4.58. The maximum atomic E-state index is 11.4. The van der Waals surface area contributed by atoms with Gasteiger partial charge in [-0.25, -0.2) is 4.98 Å². The Morgan fingerprint density at radius 1 is 1.53 bits per heavy atom. The first-order valence-electron chi connectivity index (χ1n) is 5.06. The van der Waals surface area contributed by atoms with Gasteiger partial charge in [0, 0.05) is 9.99 Å². The van der Waals surface area contributed by atoms with Crippen LogP contribution in [0.25, 0.3) is 0 Å². The van der Waals surface area contributed by atoms with Gasteiger partial charge in [0.15, 0.2) is 0 Å². The smallest absolute Gasteiger partial charge is 0.225 e. The van der Waals surface area contributed by atoms with Gasteiger partial charge in [0.2, 0.25) is 5.91 Å². The first-order chi connectivity index (χ1) is 7.13. The Balaban J connectivity index is 2.57. The third-order valence-electron chi connectivity index (χ3n) is 2.05. The molecular weight excluding hydrogens is 303 g/mol. The van der Waals surface area contributed by atoms with E-state index < -0.39 is 0 Å². The third kappa shape index (κ3) is 4.15. The first kappa shape index (κ1) is 12.4. The van der Waals surface area contributed by atoms with E-state index in [2.05, 4.69) is 39.8 Å². The molecule has 1 aromatic heterocycles. The molecule has 0 bridgehead atoms. The lowest BCUT2D eigenvalue weighted by Gasteiger charge is -2.05. The number of hydrogen-bond donors (Lipinski definition) is 1. The number of pyridine rings is 1. The maximum absolute atomic E-state index is 11.4. The van der Waals surface area contributed by atoms with Gasteiger partial charge in [0.25, 0.3) is 0 Å². The molecule has 0 unspecified atom stereocenters. The van der Waals surface area contributed by atoms with Crippen LogP contribution in [0.1, 0.15) is 31.9 Å². The summed E-state index contributed by atoms with van der Waals surface area (Å²) in [5.41, 5.74) is 0.948. The molecule has 0 aliphatic rings. The van der Waals surface area contributed by atoms with Crippen LogP contribution in [0.5, 0.6) is 0 Å². The van der Waals surface area contributed by atoms with Crippen molar-refractivity contribution in [1.29, 1.82) is 0 Å². The summed E-state index contributed by atoms with van der Waals surface area (Å²) in [5, 5.41) is 2.79. The summed E-state index contributed by atoms with van der Waals surface area (Å²) in [5.74, 6) is 0.693. The highest BCUT2D eigenvalue weighted by Crippen LogP contribution is 2.12. The average molecular weight is 318 g/mol. The number of rotatable bonds is 4. The SMILES string of the molecule is CCCCC(=O)Nc1ccc(I)c(C)n1. The quantitative estimate of drug-likeness (QED) is 0.867. The van der Waals surface area contributed by atoms with Crippen molar-refractivity contribution in [3.63, 3.8) is 0 Å². The summed E-state index contributed by atoms with van der Waals surface area (Å²) in [6.45, 7) is 4.00. The second kappa shape index (κ2) is 6.05. The number of nitrogens with zero attached hydrogens (tertiary/aromatic N) is 1. The zero-order valence-corrected chi connectivity index (χ0v) is 11.2. The Kier molecular flexibility index (Phi) is 5.01. The standard InChI is InChI=1S/C11H15IN2O/c1-3-4-5-11(15)14-10-7-6-9(12)8(2)13-10/h6-7H,3-5H2,1-2H3,(H,13,14,15). The zero-order chi connectivity index (χ0) is 11.3. The molecule has 1 N–H and O–H groups in total. The van der Waals surface area contributed by atoms with E-state index in [0.29, 0.717) is 12.2 Å². The van der Waals surface area contributed by atoms with Gasteiger partial charge in [-0.05, 0) is 48.1 Å². The van der Waals surface area contributed by atoms with Crippen LogP contribution >= 0.6 is 22.6 Å². The summed E-state index contributed by atoms with van der Waals surface area (Å²) in [6.07, 6.45) is 2.53. The van der Waals surface area contributed by atoms with Crippen molar-refractivity contribution in [3.8, 4) is 0 Å². The van der Waals surface area contributed by atoms with Gasteiger partial charge < -0.3 is 5.32 Å². The van der Waals surface area contributed by atoms with Crippen LogP contribution < -0.4 is 5.32 Å². The molecule has 0 aliphatic carbocycles. The minimum atomic E-state index is 0.0463. The normalized spacial score (nSPS) is 10.1. The van der Waals surface area contributed by atoms with E-state index in [0.717, 1.165) is 22.1 Å². The molecule has 1 heterocycles. The van der Waals surface area contributed by atoms with Gasteiger partial charge >= 0.3 is 0 Å². The van der Waals surface area contributed by atoms with Crippen molar-refractivity contribution in [1.82, 2.24) is 4.98 Å². The fourth-order valence-electron chi connectivity index (χ4n) is 1.16. The molecule has 0 atom stereocenters. The number of carbonyl (C=O) groups excluding carboxylic acids is 1. The van der Waals surface area contributed by atoms with E-state index in [1.54, 1.807) is 0 Å². The van der Waals surface area contributed by atoms with Crippen LogP contribution in [0.2, 0.25) is 0 Å². The fourth-order valence-corrected chi connectivity index (χ4v) is 1.46. The molecule has 82 valence electrons. The molecule has 4 heteroatoms. The Morgan fingerprint density at radius 3 is 2.87 bits per heavy atom. The van der Waals surface area contributed by atoms with Crippen LogP contribution in [-0.2, 0) is 4.79 Å². The van der Waals surface area contributed by atoms with Crippen molar-refractivity contribution in [2.75, 3.05) is 5.32 Å². The van der Waals surface area contributed by atoms with Crippen molar-refractivity contribution >= 4 is 34.3 Å². The van der Waals surface area contributed by atoms with E-state index >= 15 is 0 Å². The zero-order valence-electron chi connectivity index (χ0n) is 9.01. The molecule has 0 saturated carbocycles. The van der Waals surface area contributed by atoms with E-state index in [9.17, 15) is 4.79 Å². The van der Waals surface area contributed by atoms with E-state index in [1.807, 2.05) is 19.1 Å². The highest BCUT2D eigenvalue weighted by atomic mass is 127. The Labute approximate surface area is 104 Å². The molecule has 0 saturated heterocycles. The number of carbonyl (C=O) groups is 1. The number of halogens is 1. The van der Waals surface area contributed by atoms with Crippen LogP contribution in [-0.4, -0.2) is 10.9 Å². The molecule has 0 radical (unpaired) electrons. The minimum absolute atomic E-state index is 0.0463. The van der Waals surface area contributed by atoms with E-state index in [1.165, 1.54) is 0 Å². The predicted octanol–water partition coefficient (Wildman–Crippen LogP) is 3.12. The van der Waals surface area contributed by atoms with Crippen LogP contribution in [0.15, 0.2) is 12.1 Å². The lowest BCUT2D eigenvalue weighted by molar-refractivity contribution is -0.116. The summed E-state index contributed by atoms with van der Waals surface area (Å²) < 4.78 is 1.11. The highest BCUT2D eigenvalue weighted by Gasteiger charge is 2.03. The van der Waals surface area contributed by atoms with Crippen molar-refractivity contribution in [3.05, 3.63) is 21.4 Å². The van der Waals surface area contributed by atoms with Gasteiger partial charge in [-0.2, -0.15) is 0 Å². The number of unbranched alkanes of at least 4 members (excludes halogenated alkanes) is 1. The molecular formula is C11H15IN2O. The number of nitrogens with one attached hydrogen (secondary N) is 1. The summed E-state index contributed by atoms with van der Waals surface area (Å²) in [6, 6.07) is 3.79. The number of hydrogen-bond acceptors (Lipinski definition) is 2. The maximum Gasteiger partial charge on any atom is 0.225 e. The Hall–Kier alpha value is -0.650. The predicted molar refractivity (Wildman–Crippen MR) is 69.8 cm³/mol. The lowest BCUT2D eigenvalue weighted by atomic mass is 10.2. The van der Waals surface area contributed by atoms with Crippen LogP contribution in [0.3, 0.4) is 0 Å². The topological polar surface area (TPSA) is 42.0 Å². The van der Waals surface area contributed by atoms with E-state index in [-0.39, 0.29) is 5.91 Å². The van der Waals surface area contributed by atoms with Crippen LogP contribution in [0.4, 0.5) is 5.82 Å². The number of aromatic nitrogens is 1. The Morgan fingerprint density at radius 2 is 2.27 bits per heavy atom. The summed E-state index contributed by atoms with van der Waals surface area (Å²) >= 11 is 2.22. The third-order valence-corrected chi connectivity index (χ3v) is 3.19.